The van der Waals surface area contributed by atoms with Crippen molar-refractivity contribution in [2.24, 2.45) is 5.73 Å². The third-order valence-electron chi connectivity index (χ3n) is 6.97. The first-order valence-electron chi connectivity index (χ1n) is 12.7. The Morgan fingerprint density at radius 1 is 1.33 bits per heavy atom. The average molecular weight is 559 g/mol. The molecule has 0 spiro atoms. The number of amides is 1. The summed E-state index contributed by atoms with van der Waals surface area (Å²) in [5, 5.41) is 9.82. The van der Waals surface area contributed by atoms with Gasteiger partial charge in [-0.05, 0) is 64.3 Å². The smallest absolute Gasteiger partial charge is 0.333 e. The molecule has 0 bridgehead atoms. The summed E-state index contributed by atoms with van der Waals surface area (Å²) in [7, 11) is 0. The highest BCUT2D eigenvalue weighted by atomic mass is 32.1. The first kappa shape index (κ1) is 28.5. The number of halogens is 1. The number of aryl methyl sites for hydroxylation is 1. The summed E-state index contributed by atoms with van der Waals surface area (Å²) in [6.07, 6.45) is 0.0953. The Hall–Kier alpha value is -3.53. The van der Waals surface area contributed by atoms with Gasteiger partial charge in [0.25, 0.3) is 5.56 Å². The largest absolute Gasteiger partial charge is 0.493 e. The van der Waals surface area contributed by atoms with Crippen molar-refractivity contribution in [2.75, 3.05) is 19.8 Å². The van der Waals surface area contributed by atoms with Gasteiger partial charge in [-0.15, -0.1) is 11.3 Å². The number of hydrogen-bond acceptors (Lipinski definition) is 8. The second kappa shape index (κ2) is 11.3. The molecule has 2 aromatic heterocycles. The zero-order valence-electron chi connectivity index (χ0n) is 22.3. The van der Waals surface area contributed by atoms with Crippen LogP contribution in [0.4, 0.5) is 4.39 Å². The van der Waals surface area contributed by atoms with Crippen LogP contribution >= 0.6 is 11.3 Å². The summed E-state index contributed by atoms with van der Waals surface area (Å²) in [5.74, 6) is -0.990. The molecule has 1 atom stereocenters. The van der Waals surface area contributed by atoms with E-state index in [1.807, 2.05) is 0 Å². The van der Waals surface area contributed by atoms with Crippen LogP contribution in [0, 0.1) is 24.1 Å². The molecule has 0 radical (unpaired) electrons. The van der Waals surface area contributed by atoms with Crippen molar-refractivity contribution < 1.29 is 23.4 Å². The maximum atomic E-state index is 14.5. The van der Waals surface area contributed by atoms with Crippen LogP contribution < -0.4 is 21.7 Å². The second-order valence-electron chi connectivity index (χ2n) is 9.86. The second-order valence-corrected chi connectivity index (χ2v) is 10.9. The number of rotatable bonds is 9. The molecule has 1 saturated heterocycles. The van der Waals surface area contributed by atoms with Gasteiger partial charge in [0.1, 0.15) is 39.0 Å². The molecule has 1 amide bonds. The van der Waals surface area contributed by atoms with E-state index in [9.17, 15) is 24.0 Å². The van der Waals surface area contributed by atoms with Gasteiger partial charge in [-0.2, -0.15) is 5.26 Å². The number of nitriles is 1. The monoisotopic (exact) mass is 558 g/mol. The predicted molar refractivity (Wildman–Crippen MR) is 144 cm³/mol. The summed E-state index contributed by atoms with van der Waals surface area (Å²) in [6.45, 7) is 7.36. The zero-order valence-corrected chi connectivity index (χ0v) is 23.1. The molecular formula is C27H31FN4O6S. The van der Waals surface area contributed by atoms with Crippen LogP contribution in [0.2, 0.25) is 0 Å². The number of nitrogens with two attached hydrogens (primary N) is 1. The molecule has 3 heterocycles. The number of carbonyl (C=O) groups is 1. The molecule has 1 aliphatic rings. The quantitative estimate of drug-likeness (QED) is 0.426. The fourth-order valence-electron chi connectivity index (χ4n) is 4.70. The number of hydrogen-bond donors (Lipinski definition) is 1. The number of thiophene rings is 1. The lowest BCUT2D eigenvalue weighted by Gasteiger charge is -2.30. The standard InChI is InChI=1S/C27H31FN4O6S/c1-5-37-19-7-6-16(28)12-18(19)20(38-17-8-10-36-11-9-17)14-31-24-22(15(2)21(13-29)39-24)23(33)32(26(31)35)27(3,4)25(30)34/h6-7,12,17,20H,5,8-11,14H2,1-4H3,(H2,30,34). The normalized spacial score (nSPS) is 15.3. The van der Waals surface area contributed by atoms with Gasteiger partial charge >= 0.3 is 5.69 Å². The Balaban J connectivity index is 1.99. The van der Waals surface area contributed by atoms with Gasteiger partial charge in [-0.3, -0.25) is 14.2 Å². The lowest BCUT2D eigenvalue weighted by Crippen LogP contribution is -2.54. The highest BCUT2D eigenvalue weighted by Crippen LogP contribution is 2.34. The molecule has 39 heavy (non-hydrogen) atoms. The van der Waals surface area contributed by atoms with E-state index >= 15 is 0 Å². The fraction of sp³-hybridized carbons (Fsp3) is 0.481. The lowest BCUT2D eigenvalue weighted by atomic mass is 10.0. The highest BCUT2D eigenvalue weighted by Gasteiger charge is 2.35. The summed E-state index contributed by atoms with van der Waals surface area (Å²) >= 11 is 0.999. The Labute approximate surface area is 228 Å². The first-order valence-corrected chi connectivity index (χ1v) is 13.5. The Morgan fingerprint density at radius 2 is 2.03 bits per heavy atom. The fourth-order valence-corrected chi connectivity index (χ4v) is 5.80. The van der Waals surface area contributed by atoms with Gasteiger partial charge in [-0.1, -0.05) is 0 Å². The van der Waals surface area contributed by atoms with E-state index in [-0.39, 0.29) is 27.7 Å². The van der Waals surface area contributed by atoms with Gasteiger partial charge in [-0.25, -0.2) is 13.8 Å². The minimum atomic E-state index is -1.67. The van der Waals surface area contributed by atoms with Crippen LogP contribution in [-0.2, 0) is 26.4 Å². The van der Waals surface area contributed by atoms with E-state index < -0.39 is 34.6 Å². The van der Waals surface area contributed by atoms with Gasteiger partial charge in [0.2, 0.25) is 5.91 Å². The Morgan fingerprint density at radius 3 is 2.64 bits per heavy atom. The van der Waals surface area contributed by atoms with Crippen molar-refractivity contribution in [3.8, 4) is 11.8 Å². The third-order valence-corrected chi connectivity index (χ3v) is 8.19. The molecule has 10 nitrogen and oxygen atoms in total. The summed E-state index contributed by atoms with van der Waals surface area (Å²) in [4.78, 5) is 40.4. The number of ether oxygens (including phenoxy) is 3. The molecule has 1 unspecified atom stereocenters. The lowest BCUT2D eigenvalue weighted by molar-refractivity contribution is -0.125. The van der Waals surface area contributed by atoms with Crippen molar-refractivity contribution in [1.82, 2.24) is 9.13 Å². The molecule has 1 aromatic carbocycles. The van der Waals surface area contributed by atoms with Crippen molar-refractivity contribution in [2.45, 2.75) is 64.8 Å². The van der Waals surface area contributed by atoms with E-state index in [1.165, 1.54) is 36.6 Å². The van der Waals surface area contributed by atoms with Crippen LogP contribution in [0.15, 0.2) is 27.8 Å². The van der Waals surface area contributed by atoms with Crippen molar-refractivity contribution in [3.63, 3.8) is 0 Å². The molecule has 1 fully saturated rings. The van der Waals surface area contributed by atoms with Gasteiger partial charge in [0.15, 0.2) is 0 Å². The molecule has 0 aliphatic carbocycles. The maximum Gasteiger partial charge on any atom is 0.333 e. The van der Waals surface area contributed by atoms with Crippen LogP contribution in [0.25, 0.3) is 10.2 Å². The van der Waals surface area contributed by atoms with Crippen LogP contribution in [0.5, 0.6) is 5.75 Å². The van der Waals surface area contributed by atoms with Crippen LogP contribution in [0.1, 0.15) is 55.7 Å². The highest BCUT2D eigenvalue weighted by molar-refractivity contribution is 7.19. The molecular weight excluding hydrogens is 527 g/mol. The molecule has 1 aliphatic heterocycles. The number of fused-ring (bicyclic) bond motifs is 1. The van der Waals surface area contributed by atoms with E-state index in [0.29, 0.717) is 49.5 Å². The number of aromatic nitrogens is 2. The first-order chi connectivity index (χ1) is 18.5. The molecule has 2 N–H and O–H groups in total. The number of nitrogens with zero attached hydrogens (tertiary/aromatic N) is 3. The van der Waals surface area contributed by atoms with Crippen LogP contribution in [0.3, 0.4) is 0 Å². The minimum Gasteiger partial charge on any atom is -0.493 e. The Bertz CT molecular complexity index is 1560. The predicted octanol–water partition coefficient (Wildman–Crippen LogP) is 3.10. The number of carbonyl (C=O) groups excluding carboxylic acids is 1. The van der Waals surface area contributed by atoms with Gasteiger partial charge < -0.3 is 19.9 Å². The van der Waals surface area contributed by atoms with Gasteiger partial charge in [0, 0.05) is 18.8 Å². The average Bonchev–Trinajstić information content (AvgIpc) is 3.23. The number of primary amides is 1. The topological polar surface area (TPSA) is 139 Å². The van der Waals surface area contributed by atoms with Crippen LogP contribution in [-0.4, -0.2) is 41.0 Å². The van der Waals surface area contributed by atoms with E-state index in [4.69, 9.17) is 19.9 Å². The van der Waals surface area contributed by atoms with E-state index in [2.05, 4.69) is 6.07 Å². The van der Waals surface area contributed by atoms with Crippen molar-refractivity contribution >= 4 is 27.5 Å². The third kappa shape index (κ3) is 5.34. The molecule has 12 heteroatoms. The van der Waals surface area contributed by atoms with E-state index in [0.717, 1.165) is 15.9 Å². The SMILES string of the molecule is CCOc1ccc(F)cc1C(Cn1c(=O)n(C(C)(C)C(N)=O)c(=O)c2c(C)c(C#N)sc21)OC1CCOCC1. The summed E-state index contributed by atoms with van der Waals surface area (Å²) in [6, 6.07) is 6.17. The molecule has 0 saturated carbocycles. The summed E-state index contributed by atoms with van der Waals surface area (Å²) < 4.78 is 34.3. The van der Waals surface area contributed by atoms with Gasteiger partial charge in [0.05, 0.1) is 24.6 Å². The van der Waals surface area contributed by atoms with E-state index in [1.54, 1.807) is 13.8 Å². The molecule has 208 valence electrons. The summed E-state index contributed by atoms with van der Waals surface area (Å²) in [5.41, 5.74) is 3.21. The van der Waals surface area contributed by atoms with Crippen molar-refractivity contribution in [1.29, 1.82) is 5.26 Å². The Kier molecular flexibility index (Phi) is 8.25. The minimum absolute atomic E-state index is 0.138. The van der Waals surface area contributed by atoms with Crippen molar-refractivity contribution in [3.05, 3.63) is 60.9 Å². The zero-order chi connectivity index (χ0) is 28.5. The maximum absolute atomic E-state index is 14.5. The number of benzene rings is 1. The molecule has 4 rings (SSSR count). The molecule has 3 aromatic rings.